The van der Waals surface area contributed by atoms with Crippen molar-refractivity contribution in [2.45, 2.75) is 25.2 Å². The Hall–Kier alpha value is -1.08. The van der Waals surface area contributed by atoms with E-state index in [9.17, 15) is 18.0 Å². The Bertz CT molecular complexity index is 419. The van der Waals surface area contributed by atoms with Gasteiger partial charge in [0.05, 0.1) is 0 Å². The lowest BCUT2D eigenvalue weighted by atomic mass is 10.1. The first-order valence-electron chi connectivity index (χ1n) is 5.03. The van der Waals surface area contributed by atoms with Crippen LogP contribution in [-0.4, -0.2) is 23.3 Å². The molecule has 0 aliphatic carbocycles. The van der Waals surface area contributed by atoms with Gasteiger partial charge in [0.2, 0.25) is 0 Å². The van der Waals surface area contributed by atoms with Gasteiger partial charge in [0.1, 0.15) is 12.1 Å². The second-order valence-corrected chi connectivity index (χ2v) is 4.67. The Morgan fingerprint density at radius 1 is 1.33 bits per heavy atom. The van der Waals surface area contributed by atoms with Gasteiger partial charge in [-0.05, 0) is 24.6 Å². The molecule has 100 valence electrons. The van der Waals surface area contributed by atoms with Crippen molar-refractivity contribution in [2.75, 3.05) is 0 Å². The molecule has 18 heavy (non-hydrogen) atoms. The maximum Gasteiger partial charge on any atom is 0.407 e. The van der Waals surface area contributed by atoms with Crippen molar-refractivity contribution < 1.29 is 23.1 Å². The number of aliphatic carboxylic acids is 1. The Labute approximate surface area is 110 Å². The second kappa shape index (κ2) is 5.71. The van der Waals surface area contributed by atoms with Gasteiger partial charge in [-0.2, -0.15) is 13.2 Å². The van der Waals surface area contributed by atoms with Crippen molar-refractivity contribution in [3.63, 3.8) is 0 Å². The van der Waals surface area contributed by atoms with Crippen LogP contribution in [0.15, 0.2) is 28.7 Å². The summed E-state index contributed by atoms with van der Waals surface area (Å²) in [5, 5.41) is 10.7. The summed E-state index contributed by atoms with van der Waals surface area (Å²) in [4.78, 5) is 10.6. The van der Waals surface area contributed by atoms with Crippen molar-refractivity contribution in [1.29, 1.82) is 0 Å². The maximum absolute atomic E-state index is 12.9. The van der Waals surface area contributed by atoms with E-state index in [4.69, 9.17) is 5.11 Å². The van der Waals surface area contributed by atoms with E-state index < -0.39 is 24.2 Å². The van der Waals surface area contributed by atoms with E-state index in [1.807, 2.05) is 0 Å². The van der Waals surface area contributed by atoms with E-state index in [0.717, 1.165) is 0 Å². The highest BCUT2D eigenvalue weighted by Crippen LogP contribution is 2.33. The largest absolute Gasteiger partial charge is 0.480 e. The van der Waals surface area contributed by atoms with Crippen molar-refractivity contribution in [3.8, 4) is 0 Å². The van der Waals surface area contributed by atoms with E-state index in [0.29, 0.717) is 4.47 Å². The van der Waals surface area contributed by atoms with Gasteiger partial charge in [-0.15, -0.1) is 0 Å². The molecule has 3 nitrogen and oxygen atoms in total. The fourth-order valence-corrected chi connectivity index (χ4v) is 1.62. The predicted octanol–water partition coefficient (Wildman–Crippen LogP) is 3.12. The minimum absolute atomic E-state index is 0.0289. The van der Waals surface area contributed by atoms with Crippen LogP contribution in [-0.2, 0) is 4.79 Å². The van der Waals surface area contributed by atoms with Crippen LogP contribution in [0, 0.1) is 0 Å². The third kappa shape index (κ3) is 3.99. The van der Waals surface area contributed by atoms with E-state index in [1.165, 1.54) is 31.2 Å². The molecule has 2 unspecified atom stereocenters. The summed E-state index contributed by atoms with van der Waals surface area (Å²) >= 11 is 3.12. The summed E-state index contributed by atoms with van der Waals surface area (Å²) < 4.78 is 39.2. The van der Waals surface area contributed by atoms with Crippen LogP contribution in [0.25, 0.3) is 0 Å². The van der Waals surface area contributed by atoms with Crippen LogP contribution >= 0.6 is 15.9 Å². The van der Waals surface area contributed by atoms with E-state index >= 15 is 0 Å². The van der Waals surface area contributed by atoms with Crippen LogP contribution < -0.4 is 5.32 Å². The normalized spacial score (nSPS) is 15.2. The standard InChI is InChI=1S/C11H11BrF3NO2/c1-6(10(17)18)16-9(11(13,14)15)7-2-4-8(12)5-3-7/h2-6,9,16H,1H3,(H,17,18). The molecule has 1 aromatic rings. The predicted molar refractivity (Wildman–Crippen MR) is 63.2 cm³/mol. The van der Waals surface area contributed by atoms with Crippen molar-refractivity contribution in [3.05, 3.63) is 34.3 Å². The molecule has 0 saturated heterocycles. The van der Waals surface area contributed by atoms with Crippen molar-refractivity contribution in [1.82, 2.24) is 5.32 Å². The first kappa shape index (κ1) is 15.0. The van der Waals surface area contributed by atoms with Crippen LogP contribution in [0.2, 0.25) is 0 Å². The van der Waals surface area contributed by atoms with E-state index in [-0.39, 0.29) is 5.56 Å². The molecule has 0 radical (unpaired) electrons. The van der Waals surface area contributed by atoms with Crippen LogP contribution in [0.3, 0.4) is 0 Å². The molecular formula is C11H11BrF3NO2. The Kier molecular flexibility index (Phi) is 4.75. The number of nitrogens with one attached hydrogen (secondary N) is 1. The molecule has 0 bridgehead atoms. The Balaban J connectivity index is 2.99. The highest BCUT2D eigenvalue weighted by atomic mass is 79.9. The zero-order valence-corrected chi connectivity index (χ0v) is 10.9. The fraction of sp³-hybridized carbons (Fsp3) is 0.364. The topological polar surface area (TPSA) is 49.3 Å². The molecule has 0 saturated carbocycles. The molecule has 0 aliphatic rings. The van der Waals surface area contributed by atoms with Gasteiger partial charge in [-0.3, -0.25) is 10.1 Å². The van der Waals surface area contributed by atoms with Crippen LogP contribution in [0.5, 0.6) is 0 Å². The molecule has 0 amide bonds. The molecule has 0 spiro atoms. The molecule has 7 heteroatoms. The Morgan fingerprint density at radius 2 is 1.83 bits per heavy atom. The molecule has 0 aliphatic heterocycles. The lowest BCUT2D eigenvalue weighted by Gasteiger charge is -2.24. The van der Waals surface area contributed by atoms with Gasteiger partial charge in [-0.1, -0.05) is 28.1 Å². The van der Waals surface area contributed by atoms with Gasteiger partial charge in [0.15, 0.2) is 0 Å². The summed E-state index contributed by atoms with van der Waals surface area (Å²) in [6.45, 7) is 1.17. The lowest BCUT2D eigenvalue weighted by molar-refractivity contribution is -0.162. The lowest BCUT2D eigenvalue weighted by Crippen LogP contribution is -2.43. The molecule has 0 heterocycles. The number of halogens is 4. The van der Waals surface area contributed by atoms with Gasteiger partial charge in [0, 0.05) is 4.47 Å². The molecule has 1 rings (SSSR count). The second-order valence-electron chi connectivity index (χ2n) is 3.75. The SMILES string of the molecule is CC(NC(c1ccc(Br)cc1)C(F)(F)F)C(=O)O. The van der Waals surface area contributed by atoms with Crippen molar-refractivity contribution >= 4 is 21.9 Å². The number of carboxylic acids is 1. The Morgan fingerprint density at radius 3 is 2.22 bits per heavy atom. The third-order valence-electron chi connectivity index (χ3n) is 2.32. The zero-order valence-electron chi connectivity index (χ0n) is 9.33. The zero-order chi connectivity index (χ0) is 13.9. The quantitative estimate of drug-likeness (QED) is 0.894. The maximum atomic E-state index is 12.9. The number of carboxylic acid groups (broad SMARTS) is 1. The number of hydrogen-bond acceptors (Lipinski definition) is 2. The summed E-state index contributed by atoms with van der Waals surface area (Å²) in [6, 6.07) is 2.24. The van der Waals surface area contributed by atoms with E-state index in [2.05, 4.69) is 21.2 Å². The highest BCUT2D eigenvalue weighted by Gasteiger charge is 2.42. The van der Waals surface area contributed by atoms with Gasteiger partial charge >= 0.3 is 12.1 Å². The minimum Gasteiger partial charge on any atom is -0.480 e. The number of alkyl halides is 3. The molecular weight excluding hydrogens is 315 g/mol. The molecule has 2 N–H and O–H groups in total. The number of carbonyl (C=O) groups is 1. The first-order chi connectivity index (χ1) is 8.21. The van der Waals surface area contributed by atoms with Crippen molar-refractivity contribution in [2.24, 2.45) is 0 Å². The summed E-state index contributed by atoms with van der Waals surface area (Å²) in [5.74, 6) is -1.33. The summed E-state index contributed by atoms with van der Waals surface area (Å²) in [7, 11) is 0. The number of hydrogen-bond donors (Lipinski definition) is 2. The van der Waals surface area contributed by atoms with E-state index in [1.54, 1.807) is 0 Å². The minimum atomic E-state index is -4.56. The monoisotopic (exact) mass is 325 g/mol. The van der Waals surface area contributed by atoms with Gasteiger partial charge in [-0.25, -0.2) is 0 Å². The molecule has 0 fully saturated rings. The number of benzene rings is 1. The average Bonchev–Trinajstić information content (AvgIpc) is 2.25. The average molecular weight is 326 g/mol. The molecule has 0 aromatic heterocycles. The third-order valence-corrected chi connectivity index (χ3v) is 2.85. The van der Waals surface area contributed by atoms with Gasteiger partial charge < -0.3 is 5.11 Å². The van der Waals surface area contributed by atoms with Gasteiger partial charge in [0.25, 0.3) is 0 Å². The number of rotatable bonds is 4. The molecule has 2 atom stereocenters. The fourth-order valence-electron chi connectivity index (χ4n) is 1.36. The van der Waals surface area contributed by atoms with Crippen LogP contribution in [0.4, 0.5) is 13.2 Å². The van der Waals surface area contributed by atoms with Crippen LogP contribution in [0.1, 0.15) is 18.5 Å². The smallest absolute Gasteiger partial charge is 0.407 e. The summed E-state index contributed by atoms with van der Waals surface area (Å²) in [5.41, 5.74) is -0.0289. The first-order valence-corrected chi connectivity index (χ1v) is 5.82. The summed E-state index contributed by atoms with van der Waals surface area (Å²) in [6.07, 6.45) is -4.56. The highest BCUT2D eigenvalue weighted by molar-refractivity contribution is 9.10. The molecule has 1 aromatic carbocycles.